The lowest BCUT2D eigenvalue weighted by Gasteiger charge is -2.24. The van der Waals surface area contributed by atoms with Crippen molar-refractivity contribution in [3.8, 4) is 0 Å². The molecule has 1 fully saturated rings. The average Bonchev–Trinajstić information content (AvgIpc) is 3.01. The summed E-state index contributed by atoms with van der Waals surface area (Å²) < 4.78 is 12.9. The topological polar surface area (TPSA) is 52.6 Å². The van der Waals surface area contributed by atoms with Gasteiger partial charge in [0.05, 0.1) is 12.6 Å². The number of nitrogens with zero attached hydrogens (tertiary/aromatic N) is 1. The SMILES string of the molecule is CC(CC(O)c1ccc(F)cc1)NC(=O)CN(C)C1CCSC1. The van der Waals surface area contributed by atoms with Gasteiger partial charge in [0, 0.05) is 17.8 Å². The fraction of sp³-hybridized carbons (Fsp3) is 0.588. The number of rotatable bonds is 7. The molecule has 1 aromatic rings. The van der Waals surface area contributed by atoms with Gasteiger partial charge in [-0.25, -0.2) is 4.39 Å². The van der Waals surface area contributed by atoms with Crippen LogP contribution in [0.25, 0.3) is 0 Å². The Bertz CT molecular complexity index is 506. The molecule has 3 unspecified atom stereocenters. The maximum absolute atomic E-state index is 12.9. The van der Waals surface area contributed by atoms with E-state index < -0.39 is 6.10 Å². The number of likely N-dealkylation sites (N-methyl/N-ethyl adjacent to an activating group) is 1. The van der Waals surface area contributed by atoms with Crippen molar-refractivity contribution in [2.24, 2.45) is 0 Å². The highest BCUT2D eigenvalue weighted by Crippen LogP contribution is 2.21. The third-order valence-corrected chi connectivity index (χ3v) is 5.31. The van der Waals surface area contributed by atoms with Crippen molar-refractivity contribution in [3.63, 3.8) is 0 Å². The summed E-state index contributed by atoms with van der Waals surface area (Å²) in [6.07, 6.45) is 0.822. The molecular weight excluding hydrogens is 315 g/mol. The van der Waals surface area contributed by atoms with Crippen molar-refractivity contribution in [2.45, 2.75) is 38.0 Å². The van der Waals surface area contributed by atoms with Crippen LogP contribution in [0.1, 0.15) is 31.4 Å². The Kier molecular flexibility index (Phi) is 6.87. The number of aliphatic hydroxyl groups excluding tert-OH is 1. The molecule has 1 heterocycles. The standard InChI is InChI=1S/C17H25FN2O2S/c1-12(9-16(21)13-3-5-14(18)6-4-13)19-17(22)10-20(2)15-7-8-23-11-15/h3-6,12,15-16,21H,7-11H2,1-2H3,(H,19,22). The molecule has 1 amide bonds. The second kappa shape index (κ2) is 8.66. The first-order chi connectivity index (χ1) is 11.0. The van der Waals surface area contributed by atoms with Crippen molar-refractivity contribution in [1.29, 1.82) is 0 Å². The Morgan fingerprint density at radius 3 is 2.78 bits per heavy atom. The number of aliphatic hydroxyl groups is 1. The van der Waals surface area contributed by atoms with Crippen LogP contribution in [-0.2, 0) is 4.79 Å². The number of hydrogen-bond acceptors (Lipinski definition) is 4. The molecular formula is C17H25FN2O2S. The van der Waals surface area contributed by atoms with Crippen LogP contribution in [0.2, 0.25) is 0 Å². The first-order valence-electron chi connectivity index (χ1n) is 7.96. The molecule has 3 atom stereocenters. The first-order valence-corrected chi connectivity index (χ1v) is 9.12. The van der Waals surface area contributed by atoms with Gasteiger partial charge in [-0.15, -0.1) is 0 Å². The monoisotopic (exact) mass is 340 g/mol. The molecule has 0 aliphatic carbocycles. The summed E-state index contributed by atoms with van der Waals surface area (Å²) in [7, 11) is 1.98. The Morgan fingerprint density at radius 2 is 2.17 bits per heavy atom. The Labute approximate surface area is 141 Å². The summed E-state index contributed by atoms with van der Waals surface area (Å²) >= 11 is 1.93. The summed E-state index contributed by atoms with van der Waals surface area (Å²) in [6.45, 7) is 2.25. The second-order valence-corrected chi connectivity index (χ2v) is 7.35. The van der Waals surface area contributed by atoms with Gasteiger partial charge in [0.2, 0.25) is 5.91 Å². The van der Waals surface area contributed by atoms with Gasteiger partial charge < -0.3 is 10.4 Å². The van der Waals surface area contributed by atoms with Crippen LogP contribution >= 0.6 is 11.8 Å². The molecule has 1 aliphatic heterocycles. The van der Waals surface area contributed by atoms with Crippen molar-refractivity contribution < 1.29 is 14.3 Å². The van der Waals surface area contributed by atoms with Gasteiger partial charge in [-0.05, 0) is 50.3 Å². The van der Waals surface area contributed by atoms with Gasteiger partial charge in [0.15, 0.2) is 0 Å². The van der Waals surface area contributed by atoms with E-state index in [1.807, 2.05) is 25.7 Å². The second-order valence-electron chi connectivity index (χ2n) is 6.20. The largest absolute Gasteiger partial charge is 0.388 e. The molecule has 2 N–H and O–H groups in total. The number of hydrogen-bond donors (Lipinski definition) is 2. The lowest BCUT2D eigenvalue weighted by molar-refractivity contribution is -0.123. The van der Waals surface area contributed by atoms with Gasteiger partial charge in [0.25, 0.3) is 0 Å². The average molecular weight is 340 g/mol. The van der Waals surface area contributed by atoms with E-state index in [1.165, 1.54) is 12.1 Å². The molecule has 1 aliphatic rings. The molecule has 4 nitrogen and oxygen atoms in total. The highest BCUT2D eigenvalue weighted by atomic mass is 32.2. The van der Waals surface area contributed by atoms with E-state index in [0.29, 0.717) is 24.6 Å². The zero-order valence-corrected chi connectivity index (χ0v) is 14.5. The highest BCUT2D eigenvalue weighted by Gasteiger charge is 2.22. The lowest BCUT2D eigenvalue weighted by Crippen LogP contribution is -2.43. The smallest absolute Gasteiger partial charge is 0.234 e. The molecule has 2 rings (SSSR count). The van der Waals surface area contributed by atoms with E-state index >= 15 is 0 Å². The molecule has 0 aromatic heterocycles. The summed E-state index contributed by atoms with van der Waals surface area (Å²) in [5.41, 5.74) is 0.660. The fourth-order valence-corrected chi connectivity index (χ4v) is 4.06. The normalized spacial score (nSPS) is 20.5. The maximum Gasteiger partial charge on any atom is 0.234 e. The number of nitrogens with one attached hydrogen (secondary N) is 1. The summed E-state index contributed by atoms with van der Waals surface area (Å²) in [4.78, 5) is 14.2. The molecule has 1 aromatic carbocycles. The Morgan fingerprint density at radius 1 is 1.48 bits per heavy atom. The molecule has 0 bridgehead atoms. The Hall–Kier alpha value is -1.11. The van der Waals surface area contributed by atoms with Crippen LogP contribution < -0.4 is 5.32 Å². The van der Waals surface area contributed by atoms with Crippen molar-refractivity contribution >= 4 is 17.7 Å². The maximum atomic E-state index is 12.9. The third kappa shape index (κ3) is 5.79. The predicted octanol–water partition coefficient (Wildman–Crippen LogP) is 2.19. The van der Waals surface area contributed by atoms with E-state index in [2.05, 4.69) is 10.2 Å². The summed E-state index contributed by atoms with van der Waals surface area (Å²) in [6, 6.07) is 6.13. The number of benzene rings is 1. The number of carbonyl (C=O) groups is 1. The van der Waals surface area contributed by atoms with Gasteiger partial charge in [0.1, 0.15) is 5.82 Å². The van der Waals surface area contributed by atoms with Gasteiger partial charge in [-0.1, -0.05) is 12.1 Å². The zero-order chi connectivity index (χ0) is 16.8. The molecule has 128 valence electrons. The molecule has 0 saturated carbocycles. The Balaban J connectivity index is 1.75. The van der Waals surface area contributed by atoms with Crippen LogP contribution in [0.4, 0.5) is 4.39 Å². The van der Waals surface area contributed by atoms with Crippen molar-refractivity contribution in [2.75, 3.05) is 25.1 Å². The minimum Gasteiger partial charge on any atom is -0.388 e. The lowest BCUT2D eigenvalue weighted by atomic mass is 10.0. The summed E-state index contributed by atoms with van der Waals surface area (Å²) in [5, 5.41) is 13.1. The predicted molar refractivity (Wildman–Crippen MR) is 91.9 cm³/mol. The molecule has 1 saturated heterocycles. The third-order valence-electron chi connectivity index (χ3n) is 4.16. The highest BCUT2D eigenvalue weighted by molar-refractivity contribution is 7.99. The van der Waals surface area contributed by atoms with Gasteiger partial charge in [-0.3, -0.25) is 9.69 Å². The van der Waals surface area contributed by atoms with Crippen molar-refractivity contribution in [3.05, 3.63) is 35.6 Å². The van der Waals surface area contributed by atoms with E-state index in [0.717, 1.165) is 17.9 Å². The quantitative estimate of drug-likeness (QED) is 0.799. The fourth-order valence-electron chi connectivity index (χ4n) is 2.76. The number of amides is 1. The minimum atomic E-state index is -0.713. The minimum absolute atomic E-state index is 0.0248. The van der Waals surface area contributed by atoms with E-state index in [4.69, 9.17) is 0 Å². The zero-order valence-electron chi connectivity index (χ0n) is 13.7. The summed E-state index contributed by atoms with van der Waals surface area (Å²) in [5.74, 6) is 1.90. The molecule has 0 radical (unpaired) electrons. The number of halogens is 1. The van der Waals surface area contributed by atoms with Crippen LogP contribution in [0, 0.1) is 5.82 Å². The molecule has 6 heteroatoms. The molecule has 0 spiro atoms. The van der Waals surface area contributed by atoms with E-state index in [-0.39, 0.29) is 17.8 Å². The van der Waals surface area contributed by atoms with Gasteiger partial charge in [-0.2, -0.15) is 11.8 Å². The number of thioether (sulfide) groups is 1. The van der Waals surface area contributed by atoms with E-state index in [9.17, 15) is 14.3 Å². The first kappa shape index (κ1) is 18.2. The van der Waals surface area contributed by atoms with E-state index in [1.54, 1.807) is 12.1 Å². The van der Waals surface area contributed by atoms with Crippen molar-refractivity contribution in [1.82, 2.24) is 10.2 Å². The molecule has 23 heavy (non-hydrogen) atoms. The van der Waals surface area contributed by atoms with Crippen LogP contribution in [0.5, 0.6) is 0 Å². The van der Waals surface area contributed by atoms with Crippen LogP contribution in [0.15, 0.2) is 24.3 Å². The van der Waals surface area contributed by atoms with Crippen LogP contribution in [0.3, 0.4) is 0 Å². The van der Waals surface area contributed by atoms with Crippen LogP contribution in [-0.4, -0.2) is 53.1 Å². The van der Waals surface area contributed by atoms with Gasteiger partial charge >= 0.3 is 0 Å². The number of carbonyl (C=O) groups excluding carboxylic acids is 1.